The van der Waals surface area contributed by atoms with Gasteiger partial charge in [-0.2, -0.15) is 0 Å². The molecule has 9 heteroatoms. The first-order valence-electron chi connectivity index (χ1n) is 9.61. The minimum atomic E-state index is -1.08. The predicted molar refractivity (Wildman–Crippen MR) is 108 cm³/mol. The highest BCUT2D eigenvalue weighted by Gasteiger charge is 2.33. The van der Waals surface area contributed by atoms with Crippen LogP contribution in [0.15, 0.2) is 30.3 Å². The maximum Gasteiger partial charge on any atom is 0.408 e. The summed E-state index contributed by atoms with van der Waals surface area (Å²) in [5.41, 5.74) is 0.806. The predicted octanol–water partition coefficient (Wildman–Crippen LogP) is 1.79. The van der Waals surface area contributed by atoms with Gasteiger partial charge in [0.25, 0.3) is 0 Å². The van der Waals surface area contributed by atoms with Gasteiger partial charge in [0.15, 0.2) is 0 Å². The lowest BCUT2D eigenvalue weighted by atomic mass is 9.96. The van der Waals surface area contributed by atoms with Crippen LogP contribution in [-0.2, 0) is 35.2 Å². The minimum Gasteiger partial charge on any atom is -0.469 e. The average Bonchev–Trinajstić information content (AvgIpc) is 2.73. The molecule has 0 aliphatic carbocycles. The van der Waals surface area contributed by atoms with Gasteiger partial charge in [0, 0.05) is 0 Å². The number of amides is 2. The van der Waals surface area contributed by atoms with Crippen molar-refractivity contribution in [1.82, 2.24) is 10.6 Å². The average molecular weight is 422 g/mol. The first-order valence-corrected chi connectivity index (χ1v) is 9.61. The van der Waals surface area contributed by atoms with Crippen LogP contribution in [-0.4, -0.2) is 50.2 Å². The van der Waals surface area contributed by atoms with E-state index in [-0.39, 0.29) is 18.9 Å². The Balaban J connectivity index is 2.78. The van der Waals surface area contributed by atoms with Crippen LogP contribution in [0.4, 0.5) is 4.79 Å². The first-order chi connectivity index (χ1) is 14.2. The number of nitrogens with one attached hydrogen (secondary N) is 2. The lowest BCUT2D eigenvalue weighted by molar-refractivity contribution is -0.148. The van der Waals surface area contributed by atoms with Gasteiger partial charge in [-0.05, 0) is 17.4 Å². The Morgan fingerprint density at radius 2 is 1.53 bits per heavy atom. The van der Waals surface area contributed by atoms with E-state index in [9.17, 15) is 19.2 Å². The molecule has 1 rings (SSSR count). The van der Waals surface area contributed by atoms with Crippen molar-refractivity contribution < 1.29 is 33.4 Å². The number of ether oxygens (including phenoxy) is 3. The Morgan fingerprint density at radius 1 is 0.900 bits per heavy atom. The number of carbonyl (C=O) groups is 4. The minimum absolute atomic E-state index is 0.0556. The second-order valence-corrected chi connectivity index (χ2v) is 7.19. The molecule has 0 heterocycles. The summed E-state index contributed by atoms with van der Waals surface area (Å²) in [7, 11) is 2.42. The topological polar surface area (TPSA) is 120 Å². The number of esters is 2. The van der Waals surface area contributed by atoms with Crippen molar-refractivity contribution in [2.45, 2.75) is 45.9 Å². The molecule has 2 N–H and O–H groups in total. The molecule has 0 aliphatic rings. The van der Waals surface area contributed by atoms with E-state index in [4.69, 9.17) is 9.47 Å². The van der Waals surface area contributed by atoms with Crippen molar-refractivity contribution in [3.8, 4) is 0 Å². The molecule has 3 atom stereocenters. The Hall–Kier alpha value is -3.10. The summed E-state index contributed by atoms with van der Waals surface area (Å²) >= 11 is 0. The molecule has 0 spiro atoms. The van der Waals surface area contributed by atoms with Crippen LogP contribution in [0.5, 0.6) is 0 Å². The molecule has 0 bridgehead atoms. The first kappa shape index (κ1) is 24.9. The van der Waals surface area contributed by atoms with E-state index in [2.05, 4.69) is 15.4 Å². The Morgan fingerprint density at radius 3 is 2.07 bits per heavy atom. The van der Waals surface area contributed by atoms with Gasteiger partial charge in [-0.25, -0.2) is 9.59 Å². The molecule has 0 radical (unpaired) electrons. The van der Waals surface area contributed by atoms with Gasteiger partial charge in [-0.15, -0.1) is 0 Å². The molecule has 0 saturated heterocycles. The molecule has 9 nitrogen and oxygen atoms in total. The standard InChI is InChI=1S/C21H30N2O7/c1-13(2)17(23-21(27)30-12-15-9-7-6-8-10-15)19(25)22-18(20(26)29-5)14(3)11-16(24)28-4/h6-10,13-14,17-18H,11-12H2,1-5H3,(H,22,25)(H,23,27)/t14-,17-,18-/m0/s1. The largest absolute Gasteiger partial charge is 0.469 e. The summed E-state index contributed by atoms with van der Waals surface area (Å²) in [5.74, 6) is -2.67. The molecule has 2 amide bonds. The number of carbonyl (C=O) groups excluding carboxylic acids is 4. The Labute approximate surface area is 176 Å². The highest BCUT2D eigenvalue weighted by Crippen LogP contribution is 2.13. The lowest BCUT2D eigenvalue weighted by Crippen LogP contribution is -2.55. The highest BCUT2D eigenvalue weighted by atomic mass is 16.5. The SMILES string of the molecule is COC(=O)C[C@H](C)[C@H](NC(=O)[C@@H](NC(=O)OCc1ccccc1)C(C)C)C(=O)OC. The number of hydrogen-bond donors (Lipinski definition) is 2. The quantitative estimate of drug-likeness (QED) is 0.436. The molecular weight excluding hydrogens is 392 g/mol. The summed E-state index contributed by atoms with van der Waals surface area (Å²) in [6.45, 7) is 5.16. The number of methoxy groups -OCH3 is 2. The molecule has 0 fully saturated rings. The van der Waals surface area contributed by atoms with Crippen LogP contribution in [0.1, 0.15) is 32.8 Å². The van der Waals surface area contributed by atoms with Crippen molar-refractivity contribution in [1.29, 1.82) is 0 Å². The molecule has 0 aromatic heterocycles. The fourth-order valence-electron chi connectivity index (χ4n) is 2.69. The fraction of sp³-hybridized carbons (Fsp3) is 0.524. The van der Waals surface area contributed by atoms with E-state index in [0.29, 0.717) is 0 Å². The number of rotatable bonds is 10. The van der Waals surface area contributed by atoms with Crippen LogP contribution in [0, 0.1) is 11.8 Å². The second kappa shape index (κ2) is 12.5. The van der Waals surface area contributed by atoms with Crippen molar-refractivity contribution >= 4 is 23.9 Å². The van der Waals surface area contributed by atoms with Gasteiger partial charge in [0.2, 0.25) is 5.91 Å². The smallest absolute Gasteiger partial charge is 0.408 e. The zero-order valence-corrected chi connectivity index (χ0v) is 18.0. The molecule has 0 aliphatic heterocycles. The summed E-state index contributed by atoms with van der Waals surface area (Å²) in [5, 5.41) is 5.09. The third kappa shape index (κ3) is 8.10. The van der Waals surface area contributed by atoms with E-state index < -0.39 is 41.9 Å². The van der Waals surface area contributed by atoms with Crippen molar-refractivity contribution in [2.24, 2.45) is 11.8 Å². The number of benzene rings is 1. The van der Waals surface area contributed by atoms with E-state index >= 15 is 0 Å². The van der Waals surface area contributed by atoms with Crippen molar-refractivity contribution in [3.63, 3.8) is 0 Å². The Bertz CT molecular complexity index is 721. The van der Waals surface area contributed by atoms with E-state index in [1.807, 2.05) is 30.3 Å². The molecule has 30 heavy (non-hydrogen) atoms. The van der Waals surface area contributed by atoms with Gasteiger partial charge in [-0.3, -0.25) is 9.59 Å². The zero-order valence-electron chi connectivity index (χ0n) is 18.0. The van der Waals surface area contributed by atoms with E-state index in [1.165, 1.54) is 14.2 Å². The summed E-state index contributed by atoms with van der Waals surface area (Å²) < 4.78 is 14.5. The molecule has 166 valence electrons. The van der Waals surface area contributed by atoms with Crippen LogP contribution in [0.3, 0.4) is 0 Å². The van der Waals surface area contributed by atoms with Gasteiger partial charge in [0.1, 0.15) is 18.7 Å². The highest BCUT2D eigenvalue weighted by molar-refractivity contribution is 5.90. The van der Waals surface area contributed by atoms with Crippen LogP contribution >= 0.6 is 0 Å². The van der Waals surface area contributed by atoms with E-state index in [0.717, 1.165) is 5.56 Å². The van der Waals surface area contributed by atoms with Gasteiger partial charge in [-0.1, -0.05) is 51.1 Å². The number of hydrogen-bond acceptors (Lipinski definition) is 7. The number of alkyl carbamates (subject to hydrolysis) is 1. The third-order valence-corrected chi connectivity index (χ3v) is 4.47. The van der Waals surface area contributed by atoms with Gasteiger partial charge in [0.05, 0.1) is 20.6 Å². The van der Waals surface area contributed by atoms with E-state index in [1.54, 1.807) is 20.8 Å². The molecule has 0 unspecified atom stereocenters. The summed E-state index contributed by atoms with van der Waals surface area (Å²) in [4.78, 5) is 48.6. The monoisotopic (exact) mass is 422 g/mol. The second-order valence-electron chi connectivity index (χ2n) is 7.19. The maximum atomic E-state index is 12.8. The zero-order chi connectivity index (χ0) is 22.7. The Kier molecular flexibility index (Phi) is 10.4. The van der Waals surface area contributed by atoms with Crippen molar-refractivity contribution in [3.05, 3.63) is 35.9 Å². The molecule has 0 saturated carbocycles. The lowest BCUT2D eigenvalue weighted by Gasteiger charge is -2.27. The summed E-state index contributed by atoms with van der Waals surface area (Å²) in [6.07, 6.45) is -0.847. The fourth-order valence-corrected chi connectivity index (χ4v) is 2.69. The van der Waals surface area contributed by atoms with Crippen molar-refractivity contribution in [2.75, 3.05) is 14.2 Å². The summed E-state index contributed by atoms with van der Waals surface area (Å²) in [6, 6.07) is 7.08. The van der Waals surface area contributed by atoms with Gasteiger partial charge >= 0.3 is 18.0 Å². The van der Waals surface area contributed by atoms with Gasteiger partial charge < -0.3 is 24.8 Å². The molecule has 1 aromatic carbocycles. The maximum absolute atomic E-state index is 12.8. The van der Waals surface area contributed by atoms with Crippen LogP contribution < -0.4 is 10.6 Å². The van der Waals surface area contributed by atoms with Crippen LogP contribution in [0.2, 0.25) is 0 Å². The third-order valence-electron chi connectivity index (χ3n) is 4.47. The van der Waals surface area contributed by atoms with Crippen LogP contribution in [0.25, 0.3) is 0 Å². The molecule has 1 aromatic rings. The molecular formula is C21H30N2O7. The normalized spacial score (nSPS) is 13.5.